The Morgan fingerprint density at radius 2 is 2.00 bits per heavy atom. The molecule has 122 valence electrons. The number of nitrogens with one attached hydrogen (secondary N) is 1. The number of terminal acetylenes is 1. The lowest BCUT2D eigenvalue weighted by molar-refractivity contribution is -0.121. The van der Waals surface area contributed by atoms with Gasteiger partial charge in [-0.1, -0.05) is 43.9 Å². The largest absolute Gasteiger partial charge is 0.375 e. The molecule has 0 aliphatic heterocycles. The second-order valence-electron chi connectivity index (χ2n) is 5.69. The van der Waals surface area contributed by atoms with Gasteiger partial charge in [0.25, 0.3) is 0 Å². The van der Waals surface area contributed by atoms with E-state index in [2.05, 4.69) is 29.5 Å². The predicted molar refractivity (Wildman–Crippen MR) is 91.4 cm³/mol. The van der Waals surface area contributed by atoms with Crippen LogP contribution in [-0.2, 0) is 9.53 Å². The summed E-state index contributed by atoms with van der Waals surface area (Å²) in [6.45, 7) is 1.85. The van der Waals surface area contributed by atoms with Gasteiger partial charge in [-0.25, -0.2) is 0 Å². The zero-order valence-corrected chi connectivity index (χ0v) is 13.6. The number of allylic oxidation sites excluding steroid dienone is 3. The zero-order valence-electron chi connectivity index (χ0n) is 13.6. The van der Waals surface area contributed by atoms with E-state index in [1.165, 1.54) is 24.8 Å². The molecule has 0 bridgehead atoms. The van der Waals surface area contributed by atoms with Gasteiger partial charge in [0.05, 0.1) is 13.2 Å². The third kappa shape index (κ3) is 10.2. The van der Waals surface area contributed by atoms with E-state index in [1.54, 1.807) is 0 Å². The summed E-state index contributed by atoms with van der Waals surface area (Å²) in [4.78, 5) is 11.6. The SMILES string of the molecule is C#CCCCCCCCCC(=O)NCCOCC1=CC=CC1. The van der Waals surface area contributed by atoms with E-state index in [9.17, 15) is 4.79 Å². The molecule has 3 heteroatoms. The summed E-state index contributed by atoms with van der Waals surface area (Å²) in [5.41, 5.74) is 1.30. The molecule has 0 aromatic heterocycles. The summed E-state index contributed by atoms with van der Waals surface area (Å²) in [5, 5.41) is 2.91. The first-order valence-electron chi connectivity index (χ1n) is 8.45. The Kier molecular flexibility index (Phi) is 11.1. The van der Waals surface area contributed by atoms with Gasteiger partial charge in [-0.2, -0.15) is 0 Å². The summed E-state index contributed by atoms with van der Waals surface area (Å²) < 4.78 is 5.52. The second kappa shape index (κ2) is 13.2. The smallest absolute Gasteiger partial charge is 0.220 e. The Morgan fingerprint density at radius 1 is 1.23 bits per heavy atom. The predicted octanol–water partition coefficient (Wildman–Crippen LogP) is 3.76. The highest BCUT2D eigenvalue weighted by Gasteiger charge is 2.02. The molecule has 1 aliphatic rings. The van der Waals surface area contributed by atoms with Crippen LogP contribution in [0.3, 0.4) is 0 Å². The maximum Gasteiger partial charge on any atom is 0.220 e. The van der Waals surface area contributed by atoms with E-state index in [-0.39, 0.29) is 5.91 Å². The molecular weight excluding hydrogens is 274 g/mol. The van der Waals surface area contributed by atoms with Crippen molar-refractivity contribution in [1.29, 1.82) is 0 Å². The molecule has 0 atom stereocenters. The van der Waals surface area contributed by atoms with Crippen LogP contribution in [0.1, 0.15) is 57.8 Å². The third-order valence-electron chi connectivity index (χ3n) is 3.68. The van der Waals surface area contributed by atoms with Crippen molar-refractivity contribution < 1.29 is 9.53 Å². The molecule has 0 radical (unpaired) electrons. The van der Waals surface area contributed by atoms with Gasteiger partial charge in [0.2, 0.25) is 5.91 Å². The second-order valence-corrected chi connectivity index (χ2v) is 5.69. The van der Waals surface area contributed by atoms with Crippen LogP contribution in [0.25, 0.3) is 0 Å². The third-order valence-corrected chi connectivity index (χ3v) is 3.68. The number of hydrogen-bond acceptors (Lipinski definition) is 2. The molecule has 0 saturated heterocycles. The number of unbranched alkanes of at least 4 members (excludes halogenated alkanes) is 6. The van der Waals surface area contributed by atoms with Crippen molar-refractivity contribution in [2.24, 2.45) is 0 Å². The van der Waals surface area contributed by atoms with Crippen LogP contribution < -0.4 is 5.32 Å². The minimum absolute atomic E-state index is 0.137. The first-order valence-corrected chi connectivity index (χ1v) is 8.45. The summed E-state index contributed by atoms with van der Waals surface area (Å²) >= 11 is 0. The Balaban J connectivity index is 1.80. The molecule has 0 aromatic carbocycles. The van der Waals surface area contributed by atoms with Crippen molar-refractivity contribution in [3.63, 3.8) is 0 Å². The van der Waals surface area contributed by atoms with Gasteiger partial charge in [-0.15, -0.1) is 12.3 Å². The molecule has 0 aromatic rings. The van der Waals surface area contributed by atoms with E-state index < -0.39 is 0 Å². The molecule has 0 spiro atoms. The monoisotopic (exact) mass is 303 g/mol. The highest BCUT2D eigenvalue weighted by atomic mass is 16.5. The number of hydrogen-bond donors (Lipinski definition) is 1. The fraction of sp³-hybridized carbons (Fsp3) is 0.632. The van der Waals surface area contributed by atoms with Gasteiger partial charge in [0.15, 0.2) is 0 Å². The average molecular weight is 303 g/mol. The topological polar surface area (TPSA) is 38.3 Å². The molecule has 3 nitrogen and oxygen atoms in total. The van der Waals surface area contributed by atoms with Crippen LogP contribution in [0.2, 0.25) is 0 Å². The van der Waals surface area contributed by atoms with Gasteiger partial charge >= 0.3 is 0 Å². The van der Waals surface area contributed by atoms with E-state index in [0.29, 0.717) is 26.2 Å². The molecule has 1 amide bonds. The zero-order chi connectivity index (χ0) is 15.9. The number of amides is 1. The molecule has 1 rings (SSSR count). The summed E-state index contributed by atoms with van der Waals surface area (Å²) in [6, 6.07) is 0. The van der Waals surface area contributed by atoms with E-state index in [1.807, 2.05) is 0 Å². The quantitative estimate of drug-likeness (QED) is 0.415. The minimum atomic E-state index is 0.137. The van der Waals surface area contributed by atoms with Gasteiger partial charge in [0, 0.05) is 19.4 Å². The lowest BCUT2D eigenvalue weighted by atomic mass is 10.1. The van der Waals surface area contributed by atoms with Crippen molar-refractivity contribution in [1.82, 2.24) is 5.32 Å². The fourth-order valence-corrected chi connectivity index (χ4v) is 2.37. The van der Waals surface area contributed by atoms with Crippen LogP contribution in [0.4, 0.5) is 0 Å². The molecule has 22 heavy (non-hydrogen) atoms. The molecule has 0 fully saturated rings. The highest BCUT2D eigenvalue weighted by molar-refractivity contribution is 5.75. The van der Waals surface area contributed by atoms with Gasteiger partial charge in [-0.3, -0.25) is 4.79 Å². The summed E-state index contributed by atoms with van der Waals surface area (Å²) in [6.07, 6.45) is 20.8. The Labute approximate surface area is 135 Å². The van der Waals surface area contributed by atoms with E-state index in [0.717, 1.165) is 32.1 Å². The lowest BCUT2D eigenvalue weighted by Crippen LogP contribution is -2.27. The highest BCUT2D eigenvalue weighted by Crippen LogP contribution is 2.10. The first kappa shape index (κ1) is 18.5. The number of rotatable bonds is 13. The van der Waals surface area contributed by atoms with Crippen LogP contribution in [-0.4, -0.2) is 25.7 Å². The van der Waals surface area contributed by atoms with Crippen molar-refractivity contribution in [3.8, 4) is 12.3 Å². The normalized spacial score (nSPS) is 13.0. The summed E-state index contributed by atoms with van der Waals surface area (Å²) in [5.74, 6) is 2.80. The van der Waals surface area contributed by atoms with Crippen molar-refractivity contribution in [2.75, 3.05) is 19.8 Å². The Hall–Kier alpha value is -1.53. The van der Waals surface area contributed by atoms with Gasteiger partial charge in [0.1, 0.15) is 0 Å². The van der Waals surface area contributed by atoms with Crippen LogP contribution in [0.15, 0.2) is 23.8 Å². The number of ether oxygens (including phenoxy) is 1. The van der Waals surface area contributed by atoms with Crippen molar-refractivity contribution in [3.05, 3.63) is 23.8 Å². The van der Waals surface area contributed by atoms with Crippen LogP contribution in [0.5, 0.6) is 0 Å². The Bertz CT molecular complexity index is 404. The van der Waals surface area contributed by atoms with E-state index in [4.69, 9.17) is 11.2 Å². The van der Waals surface area contributed by atoms with Crippen molar-refractivity contribution >= 4 is 5.91 Å². The standard InChI is InChI=1S/C19H29NO2/c1-2-3-4-5-6-7-8-9-14-19(21)20-15-16-22-17-18-12-10-11-13-18/h1,10-12H,3-9,13-17H2,(H,20,21). The summed E-state index contributed by atoms with van der Waals surface area (Å²) in [7, 11) is 0. The van der Waals surface area contributed by atoms with Gasteiger partial charge < -0.3 is 10.1 Å². The van der Waals surface area contributed by atoms with Crippen LogP contribution >= 0.6 is 0 Å². The Morgan fingerprint density at radius 3 is 2.73 bits per heavy atom. The molecule has 0 saturated carbocycles. The fourth-order valence-electron chi connectivity index (χ4n) is 2.37. The van der Waals surface area contributed by atoms with E-state index >= 15 is 0 Å². The molecular formula is C19H29NO2. The van der Waals surface area contributed by atoms with Crippen LogP contribution in [0, 0.1) is 12.3 Å². The molecule has 0 unspecified atom stereocenters. The molecule has 1 aliphatic carbocycles. The number of carbonyl (C=O) groups is 1. The molecule has 0 heterocycles. The lowest BCUT2D eigenvalue weighted by Gasteiger charge is -2.07. The molecule has 1 N–H and O–H groups in total. The van der Waals surface area contributed by atoms with Gasteiger partial charge in [-0.05, 0) is 24.8 Å². The maximum atomic E-state index is 11.6. The number of carbonyl (C=O) groups excluding carboxylic acids is 1. The maximum absolute atomic E-state index is 11.6. The first-order chi connectivity index (χ1) is 10.8. The minimum Gasteiger partial charge on any atom is -0.375 e. The van der Waals surface area contributed by atoms with Crippen molar-refractivity contribution in [2.45, 2.75) is 57.8 Å². The average Bonchev–Trinajstić information content (AvgIpc) is 3.03.